The maximum absolute atomic E-state index is 14.1. The molecule has 0 radical (unpaired) electrons. The first-order valence-corrected chi connectivity index (χ1v) is 10.3. The van der Waals surface area contributed by atoms with Crippen LogP contribution in [0.15, 0.2) is 48.5 Å². The van der Waals surface area contributed by atoms with Crippen LogP contribution in [0.5, 0.6) is 11.5 Å². The molecule has 0 atom stereocenters. The third-order valence-corrected chi connectivity index (χ3v) is 5.14. The Kier molecular flexibility index (Phi) is 6.35. The number of nitrogens with one attached hydrogen (secondary N) is 2. The van der Waals surface area contributed by atoms with E-state index in [1.165, 1.54) is 19.6 Å². The quantitative estimate of drug-likeness (QED) is 0.547. The number of rotatable bonds is 7. The van der Waals surface area contributed by atoms with Gasteiger partial charge in [-0.2, -0.15) is 9.97 Å². The number of methoxy groups -OCH3 is 2. The van der Waals surface area contributed by atoms with Gasteiger partial charge in [0.05, 0.1) is 14.2 Å². The van der Waals surface area contributed by atoms with E-state index >= 15 is 0 Å². The van der Waals surface area contributed by atoms with Crippen molar-refractivity contribution in [3.63, 3.8) is 0 Å². The summed E-state index contributed by atoms with van der Waals surface area (Å²) < 4.78 is 24.4. The smallest absolute Gasteiger partial charge is 0.231 e. The molecule has 31 heavy (non-hydrogen) atoms. The van der Waals surface area contributed by atoms with E-state index in [4.69, 9.17) is 14.5 Å². The number of aromatic nitrogens is 2. The number of nitrogens with zero attached hydrogens (tertiary/aromatic N) is 3. The molecule has 1 saturated heterocycles. The zero-order valence-electron chi connectivity index (χ0n) is 17.7. The van der Waals surface area contributed by atoms with Gasteiger partial charge >= 0.3 is 0 Å². The summed E-state index contributed by atoms with van der Waals surface area (Å²) in [5.41, 5.74) is 1.39. The predicted octanol–water partition coefficient (Wildman–Crippen LogP) is 5.11. The van der Waals surface area contributed by atoms with Gasteiger partial charge in [0, 0.05) is 42.7 Å². The Hall–Kier alpha value is -3.55. The lowest BCUT2D eigenvalue weighted by Crippen LogP contribution is -2.30. The zero-order valence-corrected chi connectivity index (χ0v) is 17.7. The summed E-state index contributed by atoms with van der Waals surface area (Å²) in [7, 11) is 3.07. The molecule has 0 bridgehead atoms. The van der Waals surface area contributed by atoms with E-state index in [9.17, 15) is 4.39 Å². The molecule has 1 aromatic heterocycles. The molecule has 0 saturated carbocycles. The van der Waals surface area contributed by atoms with Crippen molar-refractivity contribution >= 4 is 29.0 Å². The number of halogens is 1. The number of benzene rings is 2. The molecular weight excluding hydrogens is 397 g/mol. The summed E-state index contributed by atoms with van der Waals surface area (Å²) in [5.74, 6) is 2.36. The van der Waals surface area contributed by atoms with Crippen molar-refractivity contribution in [1.82, 2.24) is 9.97 Å². The first-order chi connectivity index (χ1) is 15.1. The summed E-state index contributed by atoms with van der Waals surface area (Å²) in [6, 6.07) is 14.2. The van der Waals surface area contributed by atoms with Gasteiger partial charge in [0.15, 0.2) is 11.6 Å². The van der Waals surface area contributed by atoms with E-state index in [-0.39, 0.29) is 5.75 Å². The molecule has 2 aromatic carbocycles. The van der Waals surface area contributed by atoms with Gasteiger partial charge in [-0.3, -0.25) is 0 Å². The number of ether oxygens (including phenoxy) is 2. The number of piperidine rings is 1. The van der Waals surface area contributed by atoms with Crippen molar-refractivity contribution in [2.45, 2.75) is 19.3 Å². The first-order valence-electron chi connectivity index (χ1n) is 10.3. The van der Waals surface area contributed by atoms with Crippen LogP contribution in [0.3, 0.4) is 0 Å². The highest BCUT2D eigenvalue weighted by molar-refractivity contribution is 5.65. The average Bonchev–Trinajstić information content (AvgIpc) is 2.80. The van der Waals surface area contributed by atoms with Gasteiger partial charge in [-0.15, -0.1) is 0 Å². The largest absolute Gasteiger partial charge is 0.497 e. The SMILES string of the molecule is COc1cccc(Nc2nc(Nc3ccc(OC)c(F)c3)cc(N3CCCCC3)n2)c1. The van der Waals surface area contributed by atoms with E-state index in [0.717, 1.165) is 43.2 Å². The van der Waals surface area contributed by atoms with E-state index in [1.54, 1.807) is 19.2 Å². The van der Waals surface area contributed by atoms with E-state index in [2.05, 4.69) is 20.5 Å². The van der Waals surface area contributed by atoms with Crippen LogP contribution in [-0.2, 0) is 0 Å². The second-order valence-electron chi connectivity index (χ2n) is 7.31. The molecule has 2 heterocycles. The third kappa shape index (κ3) is 5.14. The van der Waals surface area contributed by atoms with Crippen molar-refractivity contribution in [3.05, 3.63) is 54.3 Å². The maximum atomic E-state index is 14.1. The predicted molar refractivity (Wildman–Crippen MR) is 121 cm³/mol. The molecule has 3 aromatic rings. The second kappa shape index (κ2) is 9.51. The minimum atomic E-state index is -0.437. The molecule has 0 unspecified atom stereocenters. The van der Waals surface area contributed by atoms with Gasteiger partial charge in [0.25, 0.3) is 0 Å². The molecule has 1 fully saturated rings. The minimum absolute atomic E-state index is 0.197. The number of anilines is 5. The van der Waals surface area contributed by atoms with Gasteiger partial charge in [-0.1, -0.05) is 6.07 Å². The highest BCUT2D eigenvalue weighted by Crippen LogP contribution is 2.28. The fraction of sp³-hybridized carbons (Fsp3) is 0.304. The van der Waals surface area contributed by atoms with Gasteiger partial charge < -0.3 is 25.0 Å². The fourth-order valence-electron chi connectivity index (χ4n) is 3.56. The van der Waals surface area contributed by atoms with Crippen LogP contribution < -0.4 is 25.0 Å². The molecule has 4 rings (SSSR count). The molecule has 0 amide bonds. The number of hydrogen-bond acceptors (Lipinski definition) is 7. The molecule has 162 valence electrons. The summed E-state index contributed by atoms with van der Waals surface area (Å²) in [6.07, 6.45) is 3.50. The second-order valence-corrected chi connectivity index (χ2v) is 7.31. The van der Waals surface area contributed by atoms with Crippen LogP contribution in [-0.4, -0.2) is 37.3 Å². The minimum Gasteiger partial charge on any atom is -0.497 e. The van der Waals surface area contributed by atoms with Crippen LogP contribution in [0.2, 0.25) is 0 Å². The van der Waals surface area contributed by atoms with Gasteiger partial charge in [-0.05, 0) is 43.5 Å². The summed E-state index contributed by atoms with van der Waals surface area (Å²) in [6.45, 7) is 1.90. The molecular formula is C23H26FN5O2. The van der Waals surface area contributed by atoms with Gasteiger partial charge in [-0.25, -0.2) is 4.39 Å². The van der Waals surface area contributed by atoms with E-state index < -0.39 is 5.82 Å². The van der Waals surface area contributed by atoms with Crippen LogP contribution in [0.1, 0.15) is 19.3 Å². The maximum Gasteiger partial charge on any atom is 0.231 e. The van der Waals surface area contributed by atoms with Crippen molar-refractivity contribution in [2.24, 2.45) is 0 Å². The normalized spacial score (nSPS) is 13.6. The standard InChI is InChI=1S/C23H26FN5O2/c1-30-18-8-6-7-16(13-18)26-23-27-21(15-22(28-23)29-11-4-3-5-12-29)25-17-9-10-20(31-2)19(24)14-17/h6-10,13-15H,3-5,11-12H2,1-2H3,(H2,25,26,27,28). The van der Waals surface area contributed by atoms with Crippen LogP contribution >= 0.6 is 0 Å². The average molecular weight is 423 g/mol. The fourth-order valence-corrected chi connectivity index (χ4v) is 3.56. The van der Waals surface area contributed by atoms with Gasteiger partial charge in [0.1, 0.15) is 17.4 Å². The number of hydrogen-bond donors (Lipinski definition) is 2. The highest BCUT2D eigenvalue weighted by Gasteiger charge is 2.15. The van der Waals surface area contributed by atoms with E-state index in [0.29, 0.717) is 17.5 Å². The van der Waals surface area contributed by atoms with Crippen LogP contribution in [0.4, 0.5) is 33.3 Å². The highest BCUT2D eigenvalue weighted by atomic mass is 19.1. The summed E-state index contributed by atoms with van der Waals surface area (Å²) in [4.78, 5) is 11.6. The third-order valence-electron chi connectivity index (χ3n) is 5.14. The van der Waals surface area contributed by atoms with Crippen molar-refractivity contribution in [1.29, 1.82) is 0 Å². The lowest BCUT2D eigenvalue weighted by Gasteiger charge is -2.28. The van der Waals surface area contributed by atoms with Crippen molar-refractivity contribution in [3.8, 4) is 11.5 Å². The zero-order chi connectivity index (χ0) is 21.6. The summed E-state index contributed by atoms with van der Waals surface area (Å²) in [5, 5.41) is 6.44. The van der Waals surface area contributed by atoms with Crippen molar-refractivity contribution < 1.29 is 13.9 Å². The first kappa shape index (κ1) is 20.7. The van der Waals surface area contributed by atoms with Gasteiger partial charge in [0.2, 0.25) is 5.95 Å². The Morgan fingerprint density at radius 1 is 0.871 bits per heavy atom. The van der Waals surface area contributed by atoms with E-state index in [1.807, 2.05) is 30.3 Å². The van der Waals surface area contributed by atoms with Crippen LogP contribution in [0, 0.1) is 5.82 Å². The van der Waals surface area contributed by atoms with Crippen molar-refractivity contribution in [2.75, 3.05) is 42.8 Å². The molecule has 8 heteroatoms. The monoisotopic (exact) mass is 423 g/mol. The molecule has 0 aliphatic carbocycles. The lowest BCUT2D eigenvalue weighted by molar-refractivity contribution is 0.386. The molecule has 1 aliphatic heterocycles. The molecule has 2 N–H and O–H groups in total. The Morgan fingerprint density at radius 2 is 1.68 bits per heavy atom. The molecule has 7 nitrogen and oxygen atoms in total. The Balaban J connectivity index is 1.64. The molecule has 1 aliphatic rings. The summed E-state index contributed by atoms with van der Waals surface area (Å²) >= 11 is 0. The Labute approximate surface area is 181 Å². The molecule has 0 spiro atoms. The van der Waals surface area contributed by atoms with Crippen LogP contribution in [0.25, 0.3) is 0 Å². The lowest BCUT2D eigenvalue weighted by atomic mass is 10.1. The topological polar surface area (TPSA) is 71.5 Å². The Morgan fingerprint density at radius 3 is 2.42 bits per heavy atom. The Bertz CT molecular complexity index is 1040.